The van der Waals surface area contributed by atoms with E-state index in [1.807, 2.05) is 24.1 Å². The Bertz CT molecular complexity index is 943. The molecule has 2 aromatic heterocycles. The van der Waals surface area contributed by atoms with E-state index >= 15 is 0 Å². The molecule has 2 aliphatic rings. The Balaban J connectivity index is 1.33. The van der Waals surface area contributed by atoms with E-state index in [9.17, 15) is 4.39 Å². The van der Waals surface area contributed by atoms with Crippen LogP contribution in [0.25, 0.3) is 21.3 Å². The molecule has 4 heterocycles. The SMILES string of the molecule is Cn1cc(-c2ccc3nc(N4CC[C@@H](N5CCC([18F])CC5)C4)sc3c2)cn1. The van der Waals surface area contributed by atoms with E-state index in [4.69, 9.17) is 4.98 Å². The van der Waals surface area contributed by atoms with E-state index in [1.54, 1.807) is 11.3 Å². The summed E-state index contributed by atoms with van der Waals surface area (Å²) in [6.07, 6.45) is 5.86. The molecule has 2 fully saturated rings. The molecular weight excluding hydrogens is 360 g/mol. The minimum Gasteiger partial charge on any atom is -0.346 e. The number of thiazole rings is 1. The molecular formula is C20H24FN5S. The number of anilines is 1. The molecule has 5 rings (SSSR count). The Labute approximate surface area is 162 Å². The van der Waals surface area contributed by atoms with E-state index in [2.05, 4.69) is 33.1 Å². The number of rotatable bonds is 3. The Morgan fingerprint density at radius 3 is 2.74 bits per heavy atom. The van der Waals surface area contributed by atoms with Crippen molar-refractivity contribution < 1.29 is 4.39 Å². The molecule has 5 nitrogen and oxygen atoms in total. The maximum Gasteiger partial charge on any atom is 0.186 e. The van der Waals surface area contributed by atoms with Crippen molar-refractivity contribution in [3.05, 3.63) is 30.6 Å². The van der Waals surface area contributed by atoms with Gasteiger partial charge in [-0.05, 0) is 37.0 Å². The molecule has 1 atom stereocenters. The third-order valence-corrected chi connectivity index (χ3v) is 6.90. The first-order chi connectivity index (χ1) is 13.2. The van der Waals surface area contributed by atoms with Gasteiger partial charge in [0.2, 0.25) is 0 Å². The Morgan fingerprint density at radius 1 is 1.11 bits per heavy atom. The molecule has 0 saturated carbocycles. The number of hydrogen-bond acceptors (Lipinski definition) is 5. The average molecular weight is 385 g/mol. The topological polar surface area (TPSA) is 37.2 Å². The minimum atomic E-state index is -0.600. The first kappa shape index (κ1) is 17.1. The molecule has 2 saturated heterocycles. The van der Waals surface area contributed by atoms with Gasteiger partial charge in [-0.1, -0.05) is 17.4 Å². The van der Waals surface area contributed by atoms with Gasteiger partial charge in [0.05, 0.1) is 16.4 Å². The first-order valence-electron chi connectivity index (χ1n) is 9.68. The number of nitrogens with zero attached hydrogens (tertiary/aromatic N) is 5. The van der Waals surface area contributed by atoms with Gasteiger partial charge >= 0.3 is 0 Å². The van der Waals surface area contributed by atoms with Gasteiger partial charge in [-0.25, -0.2) is 9.37 Å². The number of halogens is 1. The number of alkyl halides is 1. The summed E-state index contributed by atoms with van der Waals surface area (Å²) >= 11 is 1.77. The smallest absolute Gasteiger partial charge is 0.186 e. The van der Waals surface area contributed by atoms with Crippen LogP contribution in [-0.4, -0.2) is 58.1 Å². The van der Waals surface area contributed by atoms with Crippen molar-refractivity contribution >= 4 is 26.7 Å². The van der Waals surface area contributed by atoms with E-state index in [1.165, 1.54) is 10.3 Å². The van der Waals surface area contributed by atoms with Gasteiger partial charge in [0, 0.05) is 51.0 Å². The lowest BCUT2D eigenvalue weighted by Crippen LogP contribution is -2.43. The zero-order valence-corrected chi connectivity index (χ0v) is 16.3. The van der Waals surface area contributed by atoms with E-state index in [0.717, 1.165) is 48.8 Å². The molecule has 2 aliphatic heterocycles. The maximum atomic E-state index is 13.4. The lowest BCUT2D eigenvalue weighted by atomic mass is 10.1. The van der Waals surface area contributed by atoms with Crippen molar-refractivity contribution in [1.82, 2.24) is 19.7 Å². The second-order valence-electron chi connectivity index (χ2n) is 7.68. The summed E-state index contributed by atoms with van der Waals surface area (Å²) < 4.78 is 16.5. The number of benzene rings is 1. The molecule has 0 bridgehead atoms. The zero-order chi connectivity index (χ0) is 18.4. The highest BCUT2D eigenvalue weighted by atomic mass is 32.1. The monoisotopic (exact) mass is 384 g/mol. The number of fused-ring (bicyclic) bond motifs is 1. The number of likely N-dealkylation sites (tertiary alicyclic amines) is 1. The number of piperidine rings is 1. The second kappa shape index (κ2) is 6.87. The van der Waals surface area contributed by atoms with Crippen LogP contribution in [-0.2, 0) is 7.05 Å². The predicted molar refractivity (Wildman–Crippen MR) is 108 cm³/mol. The van der Waals surface area contributed by atoms with Crippen LogP contribution in [0.15, 0.2) is 30.6 Å². The lowest BCUT2D eigenvalue weighted by Gasteiger charge is -2.33. The molecule has 0 aliphatic carbocycles. The van der Waals surface area contributed by atoms with Crippen LogP contribution < -0.4 is 4.90 Å². The van der Waals surface area contributed by atoms with Crippen LogP contribution in [0.4, 0.5) is 9.52 Å². The summed E-state index contributed by atoms with van der Waals surface area (Å²) in [7, 11) is 1.94. The Morgan fingerprint density at radius 2 is 1.96 bits per heavy atom. The van der Waals surface area contributed by atoms with Gasteiger partial charge in [0.1, 0.15) is 6.17 Å². The van der Waals surface area contributed by atoms with E-state index in [0.29, 0.717) is 18.9 Å². The molecule has 27 heavy (non-hydrogen) atoms. The third-order valence-electron chi connectivity index (χ3n) is 5.82. The van der Waals surface area contributed by atoms with Crippen molar-refractivity contribution in [3.8, 4) is 11.1 Å². The molecule has 3 aromatic rings. The molecule has 0 unspecified atom stereocenters. The van der Waals surface area contributed by atoms with Gasteiger partial charge < -0.3 is 4.90 Å². The number of aryl methyl sites for hydroxylation is 1. The fourth-order valence-electron chi connectivity index (χ4n) is 4.24. The summed E-state index contributed by atoms with van der Waals surface area (Å²) in [4.78, 5) is 9.75. The number of hydrogen-bond donors (Lipinski definition) is 0. The van der Waals surface area contributed by atoms with E-state index < -0.39 is 6.17 Å². The normalized spacial score (nSPS) is 22.1. The predicted octanol–water partition coefficient (Wildman–Crippen LogP) is 3.71. The summed E-state index contributed by atoms with van der Waals surface area (Å²) in [5, 5.41) is 5.37. The fourth-order valence-corrected chi connectivity index (χ4v) is 5.28. The minimum absolute atomic E-state index is 0.537. The van der Waals surface area contributed by atoms with Gasteiger partial charge in [0.15, 0.2) is 5.13 Å². The van der Waals surface area contributed by atoms with Crippen LogP contribution in [0.5, 0.6) is 0 Å². The largest absolute Gasteiger partial charge is 0.346 e. The summed E-state index contributed by atoms with van der Waals surface area (Å²) in [5.41, 5.74) is 3.37. The van der Waals surface area contributed by atoms with Crippen LogP contribution >= 0.6 is 11.3 Å². The van der Waals surface area contributed by atoms with Gasteiger partial charge in [-0.2, -0.15) is 5.10 Å². The van der Waals surface area contributed by atoms with Gasteiger partial charge in [-0.15, -0.1) is 0 Å². The van der Waals surface area contributed by atoms with Gasteiger partial charge in [-0.3, -0.25) is 9.58 Å². The quantitative estimate of drug-likeness (QED) is 0.690. The Hall–Kier alpha value is -1.99. The fraction of sp³-hybridized carbons (Fsp3) is 0.500. The van der Waals surface area contributed by atoms with Crippen molar-refractivity contribution in [2.24, 2.45) is 7.05 Å². The van der Waals surface area contributed by atoms with Crippen molar-refractivity contribution in [2.45, 2.75) is 31.5 Å². The third kappa shape index (κ3) is 3.34. The first-order valence-corrected chi connectivity index (χ1v) is 10.5. The molecule has 142 valence electrons. The van der Waals surface area contributed by atoms with Crippen molar-refractivity contribution in [1.29, 1.82) is 0 Å². The second-order valence-corrected chi connectivity index (χ2v) is 8.69. The molecule has 1 aromatic carbocycles. The summed E-state index contributed by atoms with van der Waals surface area (Å²) in [6, 6.07) is 6.98. The lowest BCUT2D eigenvalue weighted by molar-refractivity contribution is 0.119. The molecule has 0 spiro atoms. The highest BCUT2D eigenvalue weighted by molar-refractivity contribution is 7.22. The molecule has 0 radical (unpaired) electrons. The van der Waals surface area contributed by atoms with Crippen LogP contribution in [0.1, 0.15) is 19.3 Å². The number of aromatic nitrogens is 3. The highest BCUT2D eigenvalue weighted by Crippen LogP contribution is 2.34. The molecule has 7 heteroatoms. The molecule has 0 amide bonds. The van der Waals surface area contributed by atoms with E-state index in [-0.39, 0.29) is 0 Å². The van der Waals surface area contributed by atoms with Crippen molar-refractivity contribution in [3.63, 3.8) is 0 Å². The summed E-state index contributed by atoms with van der Waals surface area (Å²) in [6.45, 7) is 3.84. The van der Waals surface area contributed by atoms with Crippen LogP contribution in [0, 0.1) is 0 Å². The highest BCUT2D eigenvalue weighted by Gasteiger charge is 2.31. The van der Waals surface area contributed by atoms with Crippen LogP contribution in [0.2, 0.25) is 0 Å². The van der Waals surface area contributed by atoms with Crippen LogP contribution in [0.3, 0.4) is 0 Å². The van der Waals surface area contributed by atoms with Crippen molar-refractivity contribution in [2.75, 3.05) is 31.1 Å². The molecule has 0 N–H and O–H groups in total. The summed E-state index contributed by atoms with van der Waals surface area (Å²) in [5.74, 6) is 0. The maximum absolute atomic E-state index is 13.4. The van der Waals surface area contributed by atoms with Gasteiger partial charge in [0.25, 0.3) is 0 Å². The Kier molecular flexibility index (Phi) is 4.36. The average Bonchev–Trinajstić information content (AvgIpc) is 3.40. The standard InChI is InChI=1S/C20H24FN5S/c1-24-12-15(11-22-24)14-2-3-18-19(10-14)27-20(23-18)26-9-6-17(13-26)25-7-4-16(21)5-8-25/h2-3,10-12,16-17H,4-9,13H2,1H3/t17-/m1/s1/i21-1. The zero-order valence-electron chi connectivity index (χ0n) is 15.5.